The highest BCUT2D eigenvalue weighted by Crippen LogP contribution is 2.21. The van der Waals surface area contributed by atoms with Crippen molar-refractivity contribution in [3.8, 4) is 0 Å². The molecule has 1 aliphatic heterocycles. The van der Waals surface area contributed by atoms with E-state index in [0.29, 0.717) is 43.6 Å². The van der Waals surface area contributed by atoms with Gasteiger partial charge in [0.05, 0.1) is 12.1 Å². The Kier molecular flexibility index (Phi) is 4.81. The van der Waals surface area contributed by atoms with Crippen LogP contribution in [0.1, 0.15) is 34.3 Å². The quantitative estimate of drug-likeness (QED) is 0.753. The fourth-order valence-corrected chi connectivity index (χ4v) is 3.64. The normalized spacial score (nSPS) is 15.1. The molecular weight excluding hydrogens is 354 g/mol. The molecule has 28 heavy (non-hydrogen) atoms. The third-order valence-corrected chi connectivity index (χ3v) is 5.40. The van der Waals surface area contributed by atoms with Crippen LogP contribution >= 0.6 is 0 Å². The number of aromatic nitrogens is 3. The molecule has 0 spiro atoms. The number of nitrogens with zero attached hydrogens (tertiary/aromatic N) is 4. The Morgan fingerprint density at radius 1 is 1.11 bits per heavy atom. The van der Waals surface area contributed by atoms with Crippen molar-refractivity contribution in [2.75, 3.05) is 13.1 Å². The monoisotopic (exact) mass is 377 g/mol. The predicted molar refractivity (Wildman–Crippen MR) is 106 cm³/mol. The molecule has 0 bridgehead atoms. The minimum atomic E-state index is -0.279. The van der Waals surface area contributed by atoms with Crippen LogP contribution in [0.3, 0.4) is 0 Å². The van der Waals surface area contributed by atoms with Gasteiger partial charge in [-0.05, 0) is 43.5 Å². The van der Waals surface area contributed by atoms with Crippen molar-refractivity contribution in [2.45, 2.75) is 26.3 Å². The number of aryl methyl sites for hydroxylation is 1. The van der Waals surface area contributed by atoms with E-state index in [1.54, 1.807) is 11.0 Å². The summed E-state index contributed by atoms with van der Waals surface area (Å²) in [6.07, 6.45) is 1.24. The fraction of sp³-hybridized carbons (Fsp3) is 0.333. The summed E-state index contributed by atoms with van der Waals surface area (Å²) in [7, 11) is 0. The zero-order valence-corrected chi connectivity index (χ0v) is 15.8. The van der Waals surface area contributed by atoms with Gasteiger partial charge in [0.15, 0.2) is 0 Å². The maximum atomic E-state index is 12.8. The fourth-order valence-electron chi connectivity index (χ4n) is 3.64. The summed E-state index contributed by atoms with van der Waals surface area (Å²) in [5.74, 6) is -0.454. The highest BCUT2D eigenvalue weighted by molar-refractivity contribution is 5.97. The molecule has 2 heterocycles. The van der Waals surface area contributed by atoms with Crippen LogP contribution in [-0.2, 0) is 11.3 Å². The molecule has 1 saturated heterocycles. The van der Waals surface area contributed by atoms with Gasteiger partial charge in [0, 0.05) is 24.6 Å². The van der Waals surface area contributed by atoms with Crippen LogP contribution in [0.4, 0.5) is 0 Å². The first-order valence-corrected chi connectivity index (χ1v) is 9.48. The van der Waals surface area contributed by atoms with Crippen LogP contribution in [0, 0.1) is 12.8 Å². The highest BCUT2D eigenvalue weighted by atomic mass is 16.2. The van der Waals surface area contributed by atoms with Gasteiger partial charge < -0.3 is 10.6 Å². The van der Waals surface area contributed by atoms with Gasteiger partial charge in [0.1, 0.15) is 5.52 Å². The molecular formula is C21H23N5O2. The molecule has 7 heteroatoms. The standard InChI is InChI=1S/C21H23N5O2/c1-14-2-4-15(5-3-14)13-26-19-7-6-17(12-18(19)23-24-26)21(28)25-10-8-16(9-11-25)20(22)27/h2-7,12,16H,8-11,13H2,1H3,(H2,22,27). The smallest absolute Gasteiger partial charge is 0.253 e. The van der Waals surface area contributed by atoms with E-state index < -0.39 is 0 Å². The molecule has 1 aromatic heterocycles. The van der Waals surface area contributed by atoms with Crippen molar-refractivity contribution in [3.63, 3.8) is 0 Å². The van der Waals surface area contributed by atoms with Gasteiger partial charge in [0.25, 0.3) is 5.91 Å². The van der Waals surface area contributed by atoms with E-state index in [9.17, 15) is 9.59 Å². The van der Waals surface area contributed by atoms with Crippen molar-refractivity contribution in [1.82, 2.24) is 19.9 Å². The first kappa shape index (κ1) is 18.2. The number of nitrogens with two attached hydrogens (primary N) is 1. The van der Waals surface area contributed by atoms with Gasteiger partial charge in [-0.3, -0.25) is 9.59 Å². The van der Waals surface area contributed by atoms with E-state index in [0.717, 1.165) is 11.1 Å². The van der Waals surface area contributed by atoms with Gasteiger partial charge in [-0.25, -0.2) is 4.68 Å². The zero-order valence-electron chi connectivity index (χ0n) is 15.8. The van der Waals surface area contributed by atoms with Crippen molar-refractivity contribution < 1.29 is 9.59 Å². The maximum absolute atomic E-state index is 12.8. The van der Waals surface area contributed by atoms with E-state index in [2.05, 4.69) is 41.5 Å². The Hall–Kier alpha value is -3.22. The second-order valence-corrected chi connectivity index (χ2v) is 7.41. The molecule has 0 saturated carbocycles. The Morgan fingerprint density at radius 2 is 1.82 bits per heavy atom. The van der Waals surface area contributed by atoms with Gasteiger partial charge in [-0.15, -0.1) is 5.10 Å². The topological polar surface area (TPSA) is 94.1 Å². The van der Waals surface area contributed by atoms with E-state index in [4.69, 9.17) is 5.73 Å². The molecule has 4 rings (SSSR count). The molecule has 144 valence electrons. The van der Waals surface area contributed by atoms with Crippen LogP contribution in [0.25, 0.3) is 11.0 Å². The van der Waals surface area contributed by atoms with Crippen LogP contribution in [0.15, 0.2) is 42.5 Å². The van der Waals surface area contributed by atoms with E-state index in [-0.39, 0.29) is 17.7 Å². The van der Waals surface area contributed by atoms with Crippen LogP contribution in [0.2, 0.25) is 0 Å². The number of benzene rings is 2. The first-order valence-electron chi connectivity index (χ1n) is 9.48. The molecule has 7 nitrogen and oxygen atoms in total. The zero-order chi connectivity index (χ0) is 19.7. The maximum Gasteiger partial charge on any atom is 0.253 e. The van der Waals surface area contributed by atoms with Gasteiger partial charge in [0.2, 0.25) is 5.91 Å². The molecule has 0 radical (unpaired) electrons. The molecule has 0 aliphatic carbocycles. The molecule has 2 amide bonds. The number of carbonyl (C=O) groups is 2. The summed E-state index contributed by atoms with van der Waals surface area (Å²) < 4.78 is 1.84. The van der Waals surface area contributed by atoms with Gasteiger partial charge in [-0.2, -0.15) is 0 Å². The lowest BCUT2D eigenvalue weighted by Gasteiger charge is -2.30. The lowest BCUT2D eigenvalue weighted by Crippen LogP contribution is -2.41. The van der Waals surface area contributed by atoms with E-state index >= 15 is 0 Å². The minimum Gasteiger partial charge on any atom is -0.369 e. The second kappa shape index (κ2) is 7.42. The molecule has 1 fully saturated rings. The SMILES string of the molecule is Cc1ccc(Cn2nnc3cc(C(=O)N4CCC(C(N)=O)CC4)ccc32)cc1. The van der Waals surface area contributed by atoms with Gasteiger partial charge >= 0.3 is 0 Å². The van der Waals surface area contributed by atoms with E-state index in [1.165, 1.54) is 5.56 Å². The van der Waals surface area contributed by atoms with Gasteiger partial charge in [-0.1, -0.05) is 35.0 Å². The summed E-state index contributed by atoms with van der Waals surface area (Å²) in [5, 5.41) is 8.48. The second-order valence-electron chi connectivity index (χ2n) is 7.41. The number of fused-ring (bicyclic) bond motifs is 1. The Labute approximate surface area is 163 Å². The van der Waals surface area contributed by atoms with Crippen LogP contribution in [0.5, 0.6) is 0 Å². The Bertz CT molecular complexity index is 1020. The summed E-state index contributed by atoms with van der Waals surface area (Å²) in [4.78, 5) is 25.9. The van der Waals surface area contributed by atoms with Crippen LogP contribution < -0.4 is 5.73 Å². The van der Waals surface area contributed by atoms with Crippen molar-refractivity contribution in [1.29, 1.82) is 0 Å². The minimum absolute atomic E-state index is 0.0436. The Balaban J connectivity index is 1.50. The van der Waals surface area contributed by atoms with Crippen molar-refractivity contribution in [3.05, 3.63) is 59.2 Å². The summed E-state index contributed by atoms with van der Waals surface area (Å²) in [6, 6.07) is 13.8. The number of primary amides is 1. The molecule has 3 aromatic rings. The van der Waals surface area contributed by atoms with E-state index in [1.807, 2.05) is 16.8 Å². The Morgan fingerprint density at radius 3 is 2.50 bits per heavy atom. The lowest BCUT2D eigenvalue weighted by atomic mass is 9.96. The summed E-state index contributed by atoms with van der Waals surface area (Å²) in [6.45, 7) is 3.78. The highest BCUT2D eigenvalue weighted by Gasteiger charge is 2.26. The number of amides is 2. The average molecular weight is 377 g/mol. The molecule has 0 atom stereocenters. The number of carbonyl (C=O) groups excluding carboxylic acids is 2. The first-order chi connectivity index (χ1) is 13.5. The largest absolute Gasteiger partial charge is 0.369 e. The number of rotatable bonds is 4. The number of piperidine rings is 1. The average Bonchev–Trinajstić information content (AvgIpc) is 3.11. The molecule has 0 unspecified atom stereocenters. The molecule has 2 aromatic carbocycles. The molecule has 1 aliphatic rings. The third kappa shape index (κ3) is 3.60. The number of hydrogen-bond acceptors (Lipinski definition) is 4. The molecule has 2 N–H and O–H groups in total. The lowest BCUT2D eigenvalue weighted by molar-refractivity contribution is -0.123. The van der Waals surface area contributed by atoms with Crippen molar-refractivity contribution in [2.24, 2.45) is 11.7 Å². The third-order valence-electron chi connectivity index (χ3n) is 5.40. The number of likely N-dealkylation sites (tertiary alicyclic amines) is 1. The van der Waals surface area contributed by atoms with Crippen LogP contribution in [-0.4, -0.2) is 44.8 Å². The number of hydrogen-bond donors (Lipinski definition) is 1. The summed E-state index contributed by atoms with van der Waals surface area (Å²) >= 11 is 0. The predicted octanol–water partition coefficient (Wildman–Crippen LogP) is 2.13. The summed E-state index contributed by atoms with van der Waals surface area (Å²) in [5.41, 5.74) is 9.92. The van der Waals surface area contributed by atoms with Crippen molar-refractivity contribution >= 4 is 22.8 Å².